The third kappa shape index (κ3) is 5.21. The van der Waals surface area contributed by atoms with Crippen molar-refractivity contribution in [1.29, 1.82) is 0 Å². The van der Waals surface area contributed by atoms with Crippen molar-refractivity contribution in [2.45, 2.75) is 38.5 Å². The van der Waals surface area contributed by atoms with Crippen LogP contribution in [0.15, 0.2) is 24.3 Å². The fourth-order valence-corrected chi connectivity index (χ4v) is 1.75. The van der Waals surface area contributed by atoms with Crippen LogP contribution < -0.4 is 5.73 Å². The fourth-order valence-electron chi connectivity index (χ4n) is 1.75. The molecule has 0 aliphatic carbocycles. The van der Waals surface area contributed by atoms with Crippen molar-refractivity contribution in [2.24, 2.45) is 5.73 Å². The van der Waals surface area contributed by atoms with E-state index in [0.29, 0.717) is 18.4 Å². The molecule has 1 atom stereocenters. The number of nitrogens with zero attached hydrogens (tertiary/aromatic N) is 1. The fraction of sp³-hybridized carbons (Fsp3) is 0.500. The van der Waals surface area contributed by atoms with Gasteiger partial charge in [-0.2, -0.15) is 13.2 Å². The van der Waals surface area contributed by atoms with E-state index in [1.165, 1.54) is 11.0 Å². The normalized spacial score (nSPS) is 13.1. The summed E-state index contributed by atoms with van der Waals surface area (Å²) in [5, 5.41) is 0. The lowest BCUT2D eigenvalue weighted by molar-refractivity contribution is -0.137. The van der Waals surface area contributed by atoms with Crippen LogP contribution in [-0.4, -0.2) is 23.9 Å². The molecule has 0 aromatic heterocycles. The van der Waals surface area contributed by atoms with Crippen molar-refractivity contribution in [2.75, 3.05) is 7.05 Å². The highest BCUT2D eigenvalue weighted by atomic mass is 19.4. The van der Waals surface area contributed by atoms with Crippen LogP contribution in [0, 0.1) is 0 Å². The summed E-state index contributed by atoms with van der Waals surface area (Å²) in [5.41, 5.74) is 5.32. The molecule has 2 N–H and O–H groups in total. The Balaban J connectivity index is 2.66. The Hall–Kier alpha value is -1.56. The molecule has 0 radical (unpaired) electrons. The molecule has 1 aromatic rings. The Morgan fingerprint density at radius 2 is 2.05 bits per heavy atom. The molecule has 0 saturated carbocycles. The minimum atomic E-state index is -4.37. The van der Waals surface area contributed by atoms with Crippen LogP contribution in [0.5, 0.6) is 0 Å². The third-order valence-corrected chi connectivity index (χ3v) is 2.91. The van der Waals surface area contributed by atoms with Gasteiger partial charge in [-0.05, 0) is 31.0 Å². The number of carbonyl (C=O) groups excluding carboxylic acids is 1. The largest absolute Gasteiger partial charge is 0.416 e. The van der Waals surface area contributed by atoms with Gasteiger partial charge < -0.3 is 10.6 Å². The molecule has 3 nitrogen and oxygen atoms in total. The number of benzene rings is 1. The molecule has 0 spiro atoms. The molecule has 1 amide bonds. The van der Waals surface area contributed by atoms with Gasteiger partial charge in [-0.25, -0.2) is 0 Å². The number of alkyl halides is 3. The minimum Gasteiger partial charge on any atom is -0.341 e. The van der Waals surface area contributed by atoms with Crippen LogP contribution in [0.4, 0.5) is 13.2 Å². The summed E-state index contributed by atoms with van der Waals surface area (Å²) in [6.45, 7) is 1.96. The van der Waals surface area contributed by atoms with Gasteiger partial charge in [0.15, 0.2) is 0 Å². The first-order chi connectivity index (χ1) is 9.20. The van der Waals surface area contributed by atoms with E-state index >= 15 is 0 Å². The van der Waals surface area contributed by atoms with Gasteiger partial charge in [0.2, 0.25) is 5.91 Å². The van der Waals surface area contributed by atoms with Crippen molar-refractivity contribution >= 4 is 5.91 Å². The van der Waals surface area contributed by atoms with E-state index in [1.54, 1.807) is 20.0 Å². The number of hydrogen-bond donors (Lipinski definition) is 1. The number of halogens is 3. The maximum absolute atomic E-state index is 12.6. The first-order valence-electron chi connectivity index (χ1n) is 6.36. The van der Waals surface area contributed by atoms with Crippen molar-refractivity contribution in [1.82, 2.24) is 4.90 Å². The number of hydrogen-bond acceptors (Lipinski definition) is 2. The van der Waals surface area contributed by atoms with Crippen LogP contribution in [0.2, 0.25) is 0 Å². The van der Waals surface area contributed by atoms with E-state index < -0.39 is 11.7 Å². The van der Waals surface area contributed by atoms with E-state index in [9.17, 15) is 18.0 Å². The van der Waals surface area contributed by atoms with Crippen molar-refractivity contribution in [3.63, 3.8) is 0 Å². The molecule has 6 heteroatoms. The molecular weight excluding hydrogens is 269 g/mol. The number of rotatable bonds is 5. The second kappa shape index (κ2) is 6.74. The Morgan fingerprint density at radius 1 is 1.40 bits per heavy atom. The number of nitrogens with two attached hydrogens (primary N) is 1. The predicted molar refractivity (Wildman–Crippen MR) is 70.8 cm³/mol. The van der Waals surface area contributed by atoms with Gasteiger partial charge in [-0.15, -0.1) is 0 Å². The zero-order chi connectivity index (χ0) is 15.3. The highest BCUT2D eigenvalue weighted by Crippen LogP contribution is 2.29. The van der Waals surface area contributed by atoms with Gasteiger partial charge in [-0.3, -0.25) is 4.79 Å². The van der Waals surface area contributed by atoms with E-state index in [4.69, 9.17) is 5.73 Å². The van der Waals surface area contributed by atoms with Crippen LogP contribution in [-0.2, 0) is 17.5 Å². The van der Waals surface area contributed by atoms with Crippen LogP contribution in [0.3, 0.4) is 0 Å². The average Bonchev–Trinajstić information content (AvgIpc) is 2.35. The lowest BCUT2D eigenvalue weighted by Crippen LogP contribution is -2.28. The second-order valence-electron chi connectivity index (χ2n) is 4.96. The molecule has 0 saturated heterocycles. The molecule has 0 bridgehead atoms. The van der Waals surface area contributed by atoms with Crippen LogP contribution in [0.25, 0.3) is 0 Å². The average molecular weight is 288 g/mol. The Morgan fingerprint density at radius 3 is 2.60 bits per heavy atom. The Kier molecular flexibility index (Phi) is 5.56. The molecule has 0 heterocycles. The maximum atomic E-state index is 12.6. The van der Waals surface area contributed by atoms with Gasteiger partial charge in [0, 0.05) is 26.1 Å². The first kappa shape index (κ1) is 16.5. The monoisotopic (exact) mass is 288 g/mol. The standard InChI is InChI=1S/C14H19F3N2O/c1-10(18)6-7-13(20)19(2)9-11-4-3-5-12(8-11)14(15,16)17/h3-5,8,10H,6-7,9,18H2,1-2H3. The highest BCUT2D eigenvalue weighted by molar-refractivity contribution is 5.75. The van der Waals surface area contributed by atoms with E-state index in [-0.39, 0.29) is 18.5 Å². The molecule has 1 rings (SSSR count). The summed E-state index contributed by atoms with van der Waals surface area (Å²) in [7, 11) is 1.57. The molecule has 0 aliphatic rings. The summed E-state index contributed by atoms with van der Waals surface area (Å²) in [6.07, 6.45) is -3.51. The van der Waals surface area contributed by atoms with Gasteiger partial charge >= 0.3 is 6.18 Å². The lowest BCUT2D eigenvalue weighted by atomic mass is 10.1. The third-order valence-electron chi connectivity index (χ3n) is 2.91. The van der Waals surface area contributed by atoms with Gasteiger partial charge in [0.05, 0.1) is 5.56 Å². The summed E-state index contributed by atoms with van der Waals surface area (Å²) >= 11 is 0. The smallest absolute Gasteiger partial charge is 0.341 e. The van der Waals surface area contributed by atoms with Gasteiger partial charge in [-0.1, -0.05) is 12.1 Å². The number of amides is 1. The Bertz CT molecular complexity index is 458. The van der Waals surface area contributed by atoms with Crippen molar-refractivity contribution in [3.8, 4) is 0 Å². The minimum absolute atomic E-state index is 0.0686. The van der Waals surface area contributed by atoms with Crippen LogP contribution >= 0.6 is 0 Å². The second-order valence-corrected chi connectivity index (χ2v) is 4.96. The predicted octanol–water partition coefficient (Wildman–Crippen LogP) is 2.79. The van der Waals surface area contributed by atoms with Crippen molar-refractivity contribution in [3.05, 3.63) is 35.4 Å². The van der Waals surface area contributed by atoms with Gasteiger partial charge in [0.25, 0.3) is 0 Å². The summed E-state index contributed by atoms with van der Waals surface area (Å²) in [6, 6.07) is 4.93. The molecule has 20 heavy (non-hydrogen) atoms. The summed E-state index contributed by atoms with van der Waals surface area (Å²) < 4.78 is 37.7. The van der Waals surface area contributed by atoms with Crippen LogP contribution in [0.1, 0.15) is 30.9 Å². The number of carbonyl (C=O) groups is 1. The summed E-state index contributed by atoms with van der Waals surface area (Å²) in [4.78, 5) is 13.2. The molecule has 112 valence electrons. The van der Waals surface area contributed by atoms with Crippen molar-refractivity contribution < 1.29 is 18.0 Å². The Labute approximate surface area is 116 Å². The SMILES string of the molecule is CC(N)CCC(=O)N(C)Cc1cccc(C(F)(F)F)c1. The van der Waals surface area contributed by atoms with E-state index in [0.717, 1.165) is 12.1 Å². The maximum Gasteiger partial charge on any atom is 0.416 e. The molecule has 0 fully saturated rings. The topological polar surface area (TPSA) is 46.3 Å². The lowest BCUT2D eigenvalue weighted by Gasteiger charge is -2.18. The van der Waals surface area contributed by atoms with E-state index in [2.05, 4.69) is 0 Å². The first-order valence-corrected chi connectivity index (χ1v) is 6.36. The molecule has 1 aromatic carbocycles. The quantitative estimate of drug-likeness (QED) is 0.905. The zero-order valence-corrected chi connectivity index (χ0v) is 11.6. The summed E-state index contributed by atoms with van der Waals surface area (Å²) in [5.74, 6) is -0.125. The van der Waals surface area contributed by atoms with Gasteiger partial charge in [0.1, 0.15) is 0 Å². The zero-order valence-electron chi connectivity index (χ0n) is 11.6. The van der Waals surface area contributed by atoms with E-state index in [1.807, 2.05) is 0 Å². The highest BCUT2D eigenvalue weighted by Gasteiger charge is 2.30. The molecular formula is C14H19F3N2O. The molecule has 1 unspecified atom stereocenters. The molecule has 0 aliphatic heterocycles.